The van der Waals surface area contributed by atoms with Crippen LogP contribution in [-0.2, 0) is 4.79 Å². The maximum atomic E-state index is 11.1. The van der Waals surface area contributed by atoms with Crippen molar-refractivity contribution in [2.45, 2.75) is 6.42 Å². The average Bonchev–Trinajstić information content (AvgIpc) is 2.30. The Kier molecular flexibility index (Phi) is 5.18. The van der Waals surface area contributed by atoms with Crippen LogP contribution in [0.15, 0.2) is 0 Å². The Morgan fingerprint density at radius 2 is 1.41 bits per heavy atom. The van der Waals surface area contributed by atoms with Gasteiger partial charge in [-0.25, -0.2) is 0 Å². The number of carbonyl (C=O) groups is 1. The lowest BCUT2D eigenvalue weighted by Crippen LogP contribution is -2.07. The molecule has 0 saturated heterocycles. The minimum absolute atomic E-state index is 0.0385. The highest BCUT2D eigenvalue weighted by molar-refractivity contribution is 6.55. The Morgan fingerprint density at radius 1 is 1.00 bits per heavy atom. The standard InChI is InChI=1S/C9H2Cl5NO2/c10-4-5(11)7(13)9(8(14)6(4)12)17-3(16)1-2-15/h1H2. The number of rotatable bonds is 2. The third-order valence-corrected chi connectivity index (χ3v) is 3.85. The van der Waals surface area contributed by atoms with E-state index in [4.69, 9.17) is 68.0 Å². The molecule has 1 rings (SSSR count). The molecule has 0 spiro atoms. The summed E-state index contributed by atoms with van der Waals surface area (Å²) in [6, 6.07) is 1.61. The number of nitriles is 1. The van der Waals surface area contributed by atoms with Crippen molar-refractivity contribution in [2.24, 2.45) is 0 Å². The Hall–Kier alpha value is -0.370. The zero-order chi connectivity index (χ0) is 13.2. The fraction of sp³-hybridized carbons (Fsp3) is 0.111. The van der Waals surface area contributed by atoms with Crippen LogP contribution >= 0.6 is 58.0 Å². The van der Waals surface area contributed by atoms with Gasteiger partial charge < -0.3 is 4.74 Å². The van der Waals surface area contributed by atoms with E-state index >= 15 is 0 Å². The zero-order valence-electron chi connectivity index (χ0n) is 7.86. The third-order valence-electron chi connectivity index (χ3n) is 1.61. The first-order valence-corrected chi connectivity index (χ1v) is 5.88. The monoisotopic (exact) mass is 331 g/mol. The highest BCUT2D eigenvalue weighted by atomic mass is 35.5. The predicted molar refractivity (Wildman–Crippen MR) is 67.4 cm³/mol. The summed E-state index contributed by atoms with van der Waals surface area (Å²) in [4.78, 5) is 11.1. The second kappa shape index (κ2) is 5.99. The maximum Gasteiger partial charge on any atom is 0.325 e. The van der Waals surface area contributed by atoms with Crippen molar-refractivity contribution < 1.29 is 9.53 Å². The van der Waals surface area contributed by atoms with Gasteiger partial charge in [-0.15, -0.1) is 0 Å². The Balaban J connectivity index is 3.26. The van der Waals surface area contributed by atoms with Crippen molar-refractivity contribution in [1.29, 1.82) is 5.26 Å². The maximum absolute atomic E-state index is 11.1. The van der Waals surface area contributed by atoms with Crippen molar-refractivity contribution in [3.8, 4) is 11.8 Å². The summed E-state index contributed by atoms with van der Waals surface area (Å²) in [6.07, 6.45) is -0.454. The van der Waals surface area contributed by atoms with Gasteiger partial charge in [-0.3, -0.25) is 4.79 Å². The Bertz CT molecular complexity index is 494. The summed E-state index contributed by atoms with van der Waals surface area (Å²) in [7, 11) is 0. The van der Waals surface area contributed by atoms with Crippen molar-refractivity contribution in [3.05, 3.63) is 25.1 Å². The second-order valence-electron chi connectivity index (χ2n) is 2.71. The van der Waals surface area contributed by atoms with Gasteiger partial charge in [-0.1, -0.05) is 58.0 Å². The number of carbonyl (C=O) groups excluding carboxylic acids is 1. The number of esters is 1. The molecule has 0 unspecified atom stereocenters. The number of nitrogens with zero attached hydrogens (tertiary/aromatic N) is 1. The van der Waals surface area contributed by atoms with Crippen LogP contribution in [0.4, 0.5) is 0 Å². The Morgan fingerprint density at radius 3 is 1.82 bits per heavy atom. The smallest absolute Gasteiger partial charge is 0.325 e. The highest BCUT2D eigenvalue weighted by Gasteiger charge is 2.22. The van der Waals surface area contributed by atoms with E-state index in [2.05, 4.69) is 0 Å². The Labute approximate surface area is 122 Å². The van der Waals surface area contributed by atoms with Crippen molar-refractivity contribution in [1.82, 2.24) is 0 Å². The molecule has 0 N–H and O–H groups in total. The molecule has 0 saturated carbocycles. The highest BCUT2D eigenvalue weighted by Crippen LogP contribution is 2.48. The SMILES string of the molecule is N#CCC(=O)Oc1c(Cl)c(Cl)c(Cl)c(Cl)c1Cl. The molecule has 0 aromatic heterocycles. The molecule has 17 heavy (non-hydrogen) atoms. The molecule has 0 aliphatic rings. The molecule has 0 bridgehead atoms. The zero-order valence-corrected chi connectivity index (χ0v) is 11.6. The fourth-order valence-corrected chi connectivity index (χ4v) is 2.09. The number of hydrogen-bond donors (Lipinski definition) is 0. The summed E-state index contributed by atoms with van der Waals surface area (Å²) in [5.41, 5.74) is 0. The predicted octanol–water partition coefficient (Wildman–Crippen LogP) is 4.77. The molecule has 0 aliphatic carbocycles. The first-order valence-electron chi connectivity index (χ1n) is 3.99. The average molecular weight is 333 g/mol. The first-order chi connectivity index (χ1) is 7.90. The summed E-state index contributed by atoms with van der Waals surface area (Å²) in [5.74, 6) is -1.04. The molecule has 1 aromatic carbocycles. The van der Waals surface area contributed by atoms with E-state index in [9.17, 15) is 4.79 Å². The molecule has 8 heteroatoms. The fourth-order valence-electron chi connectivity index (χ4n) is 0.889. The number of ether oxygens (including phenoxy) is 1. The summed E-state index contributed by atoms with van der Waals surface area (Å²) >= 11 is 28.8. The van der Waals surface area contributed by atoms with E-state index in [1.54, 1.807) is 6.07 Å². The minimum atomic E-state index is -0.828. The van der Waals surface area contributed by atoms with Crippen LogP contribution in [0.2, 0.25) is 25.1 Å². The van der Waals surface area contributed by atoms with Gasteiger partial charge in [0.2, 0.25) is 0 Å². The molecule has 0 atom stereocenters. The van der Waals surface area contributed by atoms with Crippen LogP contribution in [0.5, 0.6) is 5.75 Å². The first kappa shape index (κ1) is 14.7. The number of halogens is 5. The summed E-state index contributed by atoms with van der Waals surface area (Å²) < 4.78 is 4.78. The van der Waals surface area contributed by atoms with Crippen LogP contribution in [0, 0.1) is 11.3 Å². The summed E-state index contributed by atoms with van der Waals surface area (Å²) in [5, 5.41) is 7.83. The largest absolute Gasteiger partial charge is 0.422 e. The van der Waals surface area contributed by atoms with Gasteiger partial charge in [0.15, 0.2) is 5.75 Å². The second-order valence-corrected chi connectivity index (χ2v) is 4.60. The molecule has 1 aromatic rings. The molecule has 0 amide bonds. The minimum Gasteiger partial charge on any atom is -0.422 e. The van der Waals surface area contributed by atoms with E-state index < -0.39 is 12.4 Å². The molecule has 3 nitrogen and oxygen atoms in total. The van der Waals surface area contributed by atoms with Gasteiger partial charge in [0.1, 0.15) is 16.5 Å². The van der Waals surface area contributed by atoms with Crippen LogP contribution < -0.4 is 4.74 Å². The molecule has 0 radical (unpaired) electrons. The quantitative estimate of drug-likeness (QED) is 0.339. The molecular weight excluding hydrogens is 331 g/mol. The number of hydrogen-bond acceptors (Lipinski definition) is 3. The van der Waals surface area contributed by atoms with Crippen LogP contribution in [-0.4, -0.2) is 5.97 Å². The van der Waals surface area contributed by atoms with Crippen molar-refractivity contribution in [2.75, 3.05) is 0 Å². The van der Waals surface area contributed by atoms with E-state index in [-0.39, 0.29) is 30.9 Å². The third kappa shape index (κ3) is 3.09. The van der Waals surface area contributed by atoms with Crippen LogP contribution in [0.3, 0.4) is 0 Å². The van der Waals surface area contributed by atoms with E-state index in [0.717, 1.165) is 0 Å². The molecule has 0 fully saturated rings. The lowest BCUT2D eigenvalue weighted by atomic mass is 10.3. The van der Waals surface area contributed by atoms with Gasteiger partial charge in [0.25, 0.3) is 0 Å². The van der Waals surface area contributed by atoms with Crippen LogP contribution in [0.25, 0.3) is 0 Å². The van der Waals surface area contributed by atoms with E-state index in [1.807, 2.05) is 0 Å². The lowest BCUT2D eigenvalue weighted by Gasteiger charge is -2.11. The van der Waals surface area contributed by atoms with Crippen LogP contribution in [0.1, 0.15) is 6.42 Å². The van der Waals surface area contributed by atoms with Crippen molar-refractivity contribution in [3.63, 3.8) is 0 Å². The summed E-state index contributed by atoms with van der Waals surface area (Å²) in [6.45, 7) is 0. The molecule has 90 valence electrons. The topological polar surface area (TPSA) is 50.1 Å². The van der Waals surface area contributed by atoms with Crippen molar-refractivity contribution >= 4 is 64.0 Å². The van der Waals surface area contributed by atoms with Gasteiger partial charge in [-0.05, 0) is 0 Å². The lowest BCUT2D eigenvalue weighted by molar-refractivity contribution is -0.133. The van der Waals surface area contributed by atoms with Gasteiger partial charge in [-0.2, -0.15) is 5.26 Å². The van der Waals surface area contributed by atoms with Gasteiger partial charge in [0.05, 0.1) is 21.1 Å². The molecule has 0 aliphatic heterocycles. The molecular formula is C9H2Cl5NO2. The molecule has 0 heterocycles. The van der Waals surface area contributed by atoms with E-state index in [1.165, 1.54) is 0 Å². The number of benzene rings is 1. The van der Waals surface area contributed by atoms with E-state index in [0.29, 0.717) is 0 Å². The van der Waals surface area contributed by atoms with Gasteiger partial charge >= 0.3 is 5.97 Å². The van der Waals surface area contributed by atoms with Gasteiger partial charge in [0, 0.05) is 0 Å². The normalized spacial score (nSPS) is 9.88.